The number of carboxylic acid groups (broad SMARTS) is 1. The quantitative estimate of drug-likeness (QED) is 0.278. The number of rotatable bonds is 6. The summed E-state index contributed by atoms with van der Waals surface area (Å²) in [7, 11) is 1.53. The average Bonchev–Trinajstić information content (AvgIpc) is 3.33. The summed E-state index contributed by atoms with van der Waals surface area (Å²) in [5, 5.41) is 14.3. The smallest absolute Gasteiger partial charge is 0.337 e. The number of furan rings is 1. The van der Waals surface area contributed by atoms with Crippen molar-refractivity contribution in [3.05, 3.63) is 81.3 Å². The molecule has 0 spiro atoms. The van der Waals surface area contributed by atoms with Crippen molar-refractivity contribution in [2.24, 2.45) is 5.10 Å². The van der Waals surface area contributed by atoms with Crippen molar-refractivity contribution in [1.29, 1.82) is 0 Å². The number of fused-ring (bicyclic) bond motifs is 1. The molecule has 0 aliphatic heterocycles. The standard InChI is InChI=1S/C24H20BrN3O5/c1-13-8-16(14(2)28(13)19-7-5-4-6-18(19)24(30)31)12-26-27-23(29)21-10-15-9-17(25)11-20(32-3)22(15)33-21/h4-12H,1-3H3,(H,27,29)(H,30,31)/b26-12-. The van der Waals surface area contributed by atoms with Gasteiger partial charge in [-0.05, 0) is 50.2 Å². The Kier molecular flexibility index (Phi) is 6.06. The first-order valence-electron chi connectivity index (χ1n) is 9.92. The third-order valence-corrected chi connectivity index (χ3v) is 5.66. The first-order valence-corrected chi connectivity index (χ1v) is 10.7. The highest BCUT2D eigenvalue weighted by atomic mass is 79.9. The molecule has 4 rings (SSSR count). The van der Waals surface area contributed by atoms with E-state index in [-0.39, 0.29) is 11.3 Å². The van der Waals surface area contributed by atoms with Crippen LogP contribution in [-0.2, 0) is 0 Å². The summed E-state index contributed by atoms with van der Waals surface area (Å²) in [6.07, 6.45) is 1.51. The molecule has 0 unspecified atom stereocenters. The van der Waals surface area contributed by atoms with Crippen LogP contribution in [-0.4, -0.2) is 34.9 Å². The summed E-state index contributed by atoms with van der Waals surface area (Å²) in [5.74, 6) is -0.906. The number of ether oxygens (including phenoxy) is 1. The lowest BCUT2D eigenvalue weighted by Crippen LogP contribution is -2.16. The normalized spacial score (nSPS) is 11.3. The van der Waals surface area contributed by atoms with Crippen molar-refractivity contribution in [2.45, 2.75) is 13.8 Å². The molecule has 1 amide bonds. The molecular weight excluding hydrogens is 490 g/mol. The highest BCUT2D eigenvalue weighted by molar-refractivity contribution is 9.10. The van der Waals surface area contributed by atoms with Crippen LogP contribution in [0.1, 0.15) is 37.9 Å². The van der Waals surface area contributed by atoms with Crippen molar-refractivity contribution in [2.75, 3.05) is 7.11 Å². The van der Waals surface area contributed by atoms with Gasteiger partial charge < -0.3 is 18.8 Å². The molecule has 0 fully saturated rings. The zero-order chi connectivity index (χ0) is 23.7. The van der Waals surface area contributed by atoms with Crippen LogP contribution in [0.4, 0.5) is 0 Å². The highest BCUT2D eigenvalue weighted by Gasteiger charge is 2.17. The van der Waals surface area contributed by atoms with E-state index in [9.17, 15) is 14.7 Å². The molecule has 0 radical (unpaired) electrons. The number of para-hydroxylation sites is 1. The fraction of sp³-hybridized carbons (Fsp3) is 0.125. The average molecular weight is 510 g/mol. The number of benzene rings is 2. The molecule has 0 saturated carbocycles. The van der Waals surface area contributed by atoms with E-state index in [0.717, 1.165) is 26.8 Å². The monoisotopic (exact) mass is 509 g/mol. The lowest BCUT2D eigenvalue weighted by atomic mass is 10.1. The molecule has 2 aromatic heterocycles. The second-order valence-corrected chi connectivity index (χ2v) is 8.24. The van der Waals surface area contributed by atoms with Crippen LogP contribution in [0.25, 0.3) is 16.7 Å². The fourth-order valence-electron chi connectivity index (χ4n) is 3.70. The first-order chi connectivity index (χ1) is 15.8. The van der Waals surface area contributed by atoms with E-state index in [0.29, 0.717) is 17.0 Å². The zero-order valence-corrected chi connectivity index (χ0v) is 19.6. The number of carboxylic acids is 1. The van der Waals surface area contributed by atoms with Gasteiger partial charge in [0.15, 0.2) is 17.1 Å². The minimum Gasteiger partial charge on any atom is -0.493 e. The number of hydrogen-bond acceptors (Lipinski definition) is 5. The molecule has 168 valence electrons. The lowest BCUT2D eigenvalue weighted by Gasteiger charge is -2.12. The van der Waals surface area contributed by atoms with E-state index in [1.54, 1.807) is 36.4 Å². The molecule has 33 heavy (non-hydrogen) atoms. The van der Waals surface area contributed by atoms with Crippen LogP contribution in [0.2, 0.25) is 0 Å². The van der Waals surface area contributed by atoms with Gasteiger partial charge >= 0.3 is 11.9 Å². The number of aromatic carboxylic acids is 1. The number of hydrazone groups is 1. The third kappa shape index (κ3) is 4.27. The van der Waals surface area contributed by atoms with E-state index in [1.807, 2.05) is 30.5 Å². The van der Waals surface area contributed by atoms with Gasteiger partial charge in [-0.25, -0.2) is 10.2 Å². The maximum absolute atomic E-state index is 12.5. The van der Waals surface area contributed by atoms with Gasteiger partial charge in [-0.3, -0.25) is 4.79 Å². The number of amides is 1. The Balaban J connectivity index is 1.58. The van der Waals surface area contributed by atoms with Crippen molar-refractivity contribution in [3.63, 3.8) is 0 Å². The number of halogens is 1. The number of nitrogens with zero attached hydrogens (tertiary/aromatic N) is 2. The summed E-state index contributed by atoms with van der Waals surface area (Å²) in [4.78, 5) is 24.2. The predicted molar refractivity (Wildman–Crippen MR) is 128 cm³/mol. The number of carbonyl (C=O) groups is 2. The Hall–Kier alpha value is -3.85. The molecule has 0 aliphatic carbocycles. The second-order valence-electron chi connectivity index (χ2n) is 7.32. The molecule has 0 saturated heterocycles. The Labute approximate surface area is 197 Å². The minimum absolute atomic E-state index is 0.0967. The van der Waals surface area contributed by atoms with Gasteiger partial charge in [0.25, 0.3) is 0 Å². The van der Waals surface area contributed by atoms with Gasteiger partial charge in [0.1, 0.15) is 0 Å². The molecule has 2 N–H and O–H groups in total. The molecular formula is C24H20BrN3O5. The van der Waals surface area contributed by atoms with E-state index in [2.05, 4.69) is 26.5 Å². The zero-order valence-electron chi connectivity index (χ0n) is 18.0. The van der Waals surface area contributed by atoms with Crippen molar-refractivity contribution in [1.82, 2.24) is 9.99 Å². The predicted octanol–water partition coefficient (Wildman–Crippen LogP) is 5.07. The molecule has 2 aromatic carbocycles. The Morgan fingerprint density at radius 3 is 2.67 bits per heavy atom. The number of nitrogens with one attached hydrogen (secondary N) is 1. The second kappa shape index (κ2) is 8.95. The van der Waals surface area contributed by atoms with Crippen LogP contribution < -0.4 is 10.2 Å². The first kappa shape index (κ1) is 22.3. The van der Waals surface area contributed by atoms with Gasteiger partial charge in [0.05, 0.1) is 24.6 Å². The topological polar surface area (TPSA) is 106 Å². The maximum Gasteiger partial charge on any atom is 0.337 e. The molecule has 0 bridgehead atoms. The lowest BCUT2D eigenvalue weighted by molar-refractivity contribution is 0.0696. The minimum atomic E-state index is -1.00. The molecule has 0 atom stereocenters. The maximum atomic E-state index is 12.5. The summed E-state index contributed by atoms with van der Waals surface area (Å²) in [6.45, 7) is 3.74. The Morgan fingerprint density at radius 2 is 1.94 bits per heavy atom. The van der Waals surface area contributed by atoms with Crippen molar-refractivity contribution in [3.8, 4) is 11.4 Å². The van der Waals surface area contributed by atoms with Crippen molar-refractivity contribution < 1.29 is 23.8 Å². The largest absolute Gasteiger partial charge is 0.493 e. The van der Waals surface area contributed by atoms with Crippen LogP contribution in [0.3, 0.4) is 0 Å². The molecule has 2 heterocycles. The van der Waals surface area contributed by atoms with Crippen LogP contribution in [0.15, 0.2) is 62.5 Å². The highest BCUT2D eigenvalue weighted by Crippen LogP contribution is 2.32. The number of methoxy groups -OCH3 is 1. The molecule has 8 nitrogen and oxygen atoms in total. The Morgan fingerprint density at radius 1 is 1.18 bits per heavy atom. The van der Waals surface area contributed by atoms with Crippen LogP contribution >= 0.6 is 15.9 Å². The number of hydrogen-bond donors (Lipinski definition) is 2. The van der Waals surface area contributed by atoms with Gasteiger partial charge in [-0.15, -0.1) is 0 Å². The van der Waals surface area contributed by atoms with Gasteiger partial charge in [-0.2, -0.15) is 5.10 Å². The van der Waals surface area contributed by atoms with Gasteiger partial charge in [-0.1, -0.05) is 28.1 Å². The van der Waals surface area contributed by atoms with Crippen LogP contribution in [0, 0.1) is 13.8 Å². The summed E-state index contributed by atoms with van der Waals surface area (Å²) in [6, 6.07) is 13.8. The van der Waals surface area contributed by atoms with Crippen molar-refractivity contribution >= 4 is 45.0 Å². The summed E-state index contributed by atoms with van der Waals surface area (Å²) in [5.41, 5.74) is 6.06. The fourth-order valence-corrected chi connectivity index (χ4v) is 4.16. The molecule has 9 heteroatoms. The van der Waals surface area contributed by atoms with E-state index < -0.39 is 11.9 Å². The number of carbonyl (C=O) groups excluding carboxylic acids is 1. The molecule has 0 aliphatic rings. The Bertz CT molecular complexity index is 1420. The summed E-state index contributed by atoms with van der Waals surface area (Å²) >= 11 is 3.40. The van der Waals surface area contributed by atoms with E-state index >= 15 is 0 Å². The van der Waals surface area contributed by atoms with Crippen LogP contribution in [0.5, 0.6) is 5.75 Å². The van der Waals surface area contributed by atoms with E-state index in [4.69, 9.17) is 9.15 Å². The summed E-state index contributed by atoms with van der Waals surface area (Å²) < 4.78 is 13.6. The molecule has 4 aromatic rings. The SMILES string of the molecule is COc1cc(Br)cc2cc(C(=O)N/N=C\c3cc(C)n(-c4ccccc4C(=O)O)c3C)oc12. The van der Waals surface area contributed by atoms with E-state index in [1.165, 1.54) is 13.3 Å². The van der Waals surface area contributed by atoms with Gasteiger partial charge in [0, 0.05) is 26.8 Å². The number of aromatic nitrogens is 1. The number of aryl methyl sites for hydroxylation is 1. The van der Waals surface area contributed by atoms with Gasteiger partial charge in [0.2, 0.25) is 0 Å². The third-order valence-electron chi connectivity index (χ3n) is 5.21.